The zero-order chi connectivity index (χ0) is 13.9. The molecule has 1 aliphatic heterocycles. The third-order valence-corrected chi connectivity index (χ3v) is 4.37. The second kappa shape index (κ2) is 5.94. The van der Waals surface area contributed by atoms with Crippen LogP contribution in [0.15, 0.2) is 12.4 Å². The minimum Gasteiger partial charge on any atom is -0.380 e. The molecule has 1 fully saturated rings. The van der Waals surface area contributed by atoms with Gasteiger partial charge in [-0.1, -0.05) is 0 Å². The van der Waals surface area contributed by atoms with Crippen molar-refractivity contribution in [3.8, 4) is 0 Å². The van der Waals surface area contributed by atoms with Gasteiger partial charge in [0.1, 0.15) is 0 Å². The van der Waals surface area contributed by atoms with E-state index < -0.39 is 10.0 Å². The van der Waals surface area contributed by atoms with Gasteiger partial charge in [0.2, 0.25) is 10.0 Å². The summed E-state index contributed by atoms with van der Waals surface area (Å²) >= 11 is 0. The molecular weight excluding hydrogens is 266 g/mol. The zero-order valence-electron chi connectivity index (χ0n) is 11.2. The molecule has 0 aliphatic carbocycles. The summed E-state index contributed by atoms with van der Waals surface area (Å²) in [6.07, 6.45) is 5.38. The molecule has 1 aromatic rings. The lowest BCUT2D eigenvalue weighted by Gasteiger charge is -2.20. The lowest BCUT2D eigenvalue weighted by Crippen LogP contribution is -2.35. The largest absolute Gasteiger partial charge is 0.380 e. The molecule has 0 spiro atoms. The van der Waals surface area contributed by atoms with Gasteiger partial charge in [0.05, 0.1) is 30.9 Å². The maximum Gasteiger partial charge on any atom is 0.211 e. The first-order chi connectivity index (χ1) is 8.95. The molecule has 0 bridgehead atoms. The number of rotatable bonds is 3. The Balaban J connectivity index is 2.04. The van der Waals surface area contributed by atoms with E-state index >= 15 is 0 Å². The van der Waals surface area contributed by atoms with E-state index in [1.54, 1.807) is 12.4 Å². The molecule has 1 saturated heterocycles. The highest BCUT2D eigenvalue weighted by Gasteiger charge is 2.25. The minimum atomic E-state index is -3.16. The Kier molecular flexibility index (Phi) is 4.49. The molecule has 0 unspecified atom stereocenters. The third-order valence-electron chi connectivity index (χ3n) is 3.10. The summed E-state index contributed by atoms with van der Waals surface area (Å²) in [6.45, 7) is 3.80. The molecule has 0 saturated carbocycles. The second-order valence-corrected chi connectivity index (χ2v) is 6.90. The van der Waals surface area contributed by atoms with Crippen molar-refractivity contribution in [2.24, 2.45) is 5.92 Å². The summed E-state index contributed by atoms with van der Waals surface area (Å²) in [4.78, 5) is 8.50. The van der Waals surface area contributed by atoms with Gasteiger partial charge in [0.15, 0.2) is 0 Å². The molecule has 1 aliphatic rings. The fourth-order valence-electron chi connectivity index (χ4n) is 2.09. The average molecular weight is 285 g/mol. The summed E-state index contributed by atoms with van der Waals surface area (Å²) in [5.41, 5.74) is 1.74. The fraction of sp³-hybridized carbons (Fsp3) is 0.667. The lowest BCUT2D eigenvalue weighted by molar-refractivity contribution is 0.122. The average Bonchev–Trinajstić information content (AvgIpc) is 2.57. The van der Waals surface area contributed by atoms with E-state index in [-0.39, 0.29) is 5.92 Å². The number of aryl methyl sites for hydroxylation is 1. The number of aromatic nitrogens is 2. The molecule has 0 aromatic carbocycles. The highest BCUT2D eigenvalue weighted by molar-refractivity contribution is 7.88. The summed E-state index contributed by atoms with van der Waals surface area (Å²) in [7, 11) is -3.16. The SMILES string of the molecule is Cc1cnc(C[C@@H]2COCCN(S(C)(=O)=O)C2)cn1. The standard InChI is InChI=1S/C12H19N3O3S/c1-10-6-14-12(7-13-10)5-11-8-15(19(2,16)17)3-4-18-9-11/h6-7,11H,3-5,8-9H2,1-2H3/t11-/m0/s1. The first kappa shape index (κ1) is 14.4. The predicted octanol–water partition coefficient (Wildman–Crippen LogP) is 0.236. The van der Waals surface area contributed by atoms with Gasteiger partial charge in [-0.25, -0.2) is 8.42 Å². The van der Waals surface area contributed by atoms with E-state index in [2.05, 4.69) is 9.97 Å². The van der Waals surface area contributed by atoms with Crippen LogP contribution in [0.1, 0.15) is 11.4 Å². The maximum absolute atomic E-state index is 11.6. The van der Waals surface area contributed by atoms with Crippen LogP contribution in [-0.4, -0.2) is 55.3 Å². The summed E-state index contributed by atoms with van der Waals surface area (Å²) in [6, 6.07) is 0. The topological polar surface area (TPSA) is 72.4 Å². The molecule has 2 rings (SSSR count). The molecule has 0 N–H and O–H groups in total. The van der Waals surface area contributed by atoms with Crippen molar-refractivity contribution in [3.63, 3.8) is 0 Å². The number of hydrogen-bond acceptors (Lipinski definition) is 5. The number of sulfonamides is 1. The van der Waals surface area contributed by atoms with Crippen LogP contribution in [0.25, 0.3) is 0 Å². The minimum absolute atomic E-state index is 0.120. The highest BCUT2D eigenvalue weighted by Crippen LogP contribution is 2.14. The number of nitrogens with zero attached hydrogens (tertiary/aromatic N) is 3. The molecular formula is C12H19N3O3S. The summed E-state index contributed by atoms with van der Waals surface area (Å²) in [5, 5.41) is 0. The molecule has 2 heterocycles. The normalized spacial score (nSPS) is 22.1. The third kappa shape index (κ3) is 4.22. The monoisotopic (exact) mass is 285 g/mol. The quantitative estimate of drug-likeness (QED) is 0.795. The second-order valence-electron chi connectivity index (χ2n) is 4.92. The Morgan fingerprint density at radius 3 is 2.84 bits per heavy atom. The van der Waals surface area contributed by atoms with Gasteiger partial charge in [-0.15, -0.1) is 0 Å². The summed E-state index contributed by atoms with van der Waals surface area (Å²) < 4.78 is 30.2. The van der Waals surface area contributed by atoms with Crippen LogP contribution < -0.4 is 0 Å². The first-order valence-corrected chi connectivity index (χ1v) is 8.10. The van der Waals surface area contributed by atoms with Gasteiger partial charge in [-0.05, 0) is 13.3 Å². The van der Waals surface area contributed by atoms with Crippen molar-refractivity contribution in [3.05, 3.63) is 23.8 Å². The van der Waals surface area contributed by atoms with Crippen LogP contribution in [0.5, 0.6) is 0 Å². The smallest absolute Gasteiger partial charge is 0.211 e. The maximum atomic E-state index is 11.6. The van der Waals surface area contributed by atoms with E-state index in [4.69, 9.17) is 4.74 Å². The molecule has 19 heavy (non-hydrogen) atoms. The number of hydrogen-bond donors (Lipinski definition) is 0. The van der Waals surface area contributed by atoms with E-state index in [9.17, 15) is 8.42 Å². The Bertz CT molecular complexity index is 516. The molecule has 0 radical (unpaired) electrons. The Hall–Kier alpha value is -1.05. The van der Waals surface area contributed by atoms with Crippen molar-refractivity contribution in [1.29, 1.82) is 0 Å². The van der Waals surface area contributed by atoms with Crippen LogP contribution in [0, 0.1) is 12.8 Å². The van der Waals surface area contributed by atoms with Crippen molar-refractivity contribution in [2.75, 3.05) is 32.6 Å². The lowest BCUT2D eigenvalue weighted by atomic mass is 10.0. The zero-order valence-corrected chi connectivity index (χ0v) is 12.1. The molecule has 1 aromatic heterocycles. The van der Waals surface area contributed by atoms with Crippen LogP contribution in [0.2, 0.25) is 0 Å². The van der Waals surface area contributed by atoms with E-state index in [1.165, 1.54) is 10.6 Å². The van der Waals surface area contributed by atoms with Crippen molar-refractivity contribution in [1.82, 2.24) is 14.3 Å². The summed E-state index contributed by atoms with van der Waals surface area (Å²) in [5.74, 6) is 0.120. The first-order valence-electron chi connectivity index (χ1n) is 6.25. The molecule has 1 atom stereocenters. The fourth-order valence-corrected chi connectivity index (χ4v) is 2.98. The van der Waals surface area contributed by atoms with Gasteiger partial charge < -0.3 is 4.74 Å². The Morgan fingerprint density at radius 2 is 2.21 bits per heavy atom. The molecule has 106 valence electrons. The highest BCUT2D eigenvalue weighted by atomic mass is 32.2. The Morgan fingerprint density at radius 1 is 1.42 bits per heavy atom. The van der Waals surface area contributed by atoms with Crippen molar-refractivity contribution in [2.45, 2.75) is 13.3 Å². The van der Waals surface area contributed by atoms with Gasteiger partial charge >= 0.3 is 0 Å². The van der Waals surface area contributed by atoms with Crippen LogP contribution in [0.4, 0.5) is 0 Å². The van der Waals surface area contributed by atoms with E-state index in [1.807, 2.05) is 6.92 Å². The van der Waals surface area contributed by atoms with Gasteiger partial charge in [-0.2, -0.15) is 4.31 Å². The van der Waals surface area contributed by atoms with Crippen LogP contribution in [0.3, 0.4) is 0 Å². The van der Waals surface area contributed by atoms with Crippen LogP contribution >= 0.6 is 0 Å². The predicted molar refractivity (Wildman–Crippen MR) is 71.2 cm³/mol. The van der Waals surface area contributed by atoms with E-state index in [0.717, 1.165) is 11.4 Å². The van der Waals surface area contributed by atoms with Gasteiger partial charge in [0.25, 0.3) is 0 Å². The van der Waals surface area contributed by atoms with Crippen LogP contribution in [-0.2, 0) is 21.2 Å². The molecule has 6 nitrogen and oxygen atoms in total. The van der Waals surface area contributed by atoms with Crippen molar-refractivity contribution < 1.29 is 13.2 Å². The van der Waals surface area contributed by atoms with Gasteiger partial charge in [-0.3, -0.25) is 9.97 Å². The molecule has 0 amide bonds. The Labute approximate surface area is 113 Å². The molecule has 7 heteroatoms. The van der Waals surface area contributed by atoms with Gasteiger partial charge in [0, 0.05) is 31.4 Å². The van der Waals surface area contributed by atoms with E-state index in [0.29, 0.717) is 32.7 Å². The number of ether oxygens (including phenoxy) is 1. The van der Waals surface area contributed by atoms with Crippen molar-refractivity contribution >= 4 is 10.0 Å².